The van der Waals surface area contributed by atoms with Crippen molar-refractivity contribution in [3.05, 3.63) is 74.5 Å². The molecule has 0 unspecified atom stereocenters. The number of aromatic amines is 1. The minimum Gasteiger partial charge on any atom is -0.461 e. The molecule has 3 aromatic rings. The Morgan fingerprint density at radius 2 is 1.46 bits per heavy atom. The number of non-ortho nitro benzene ring substituents is 2. The highest BCUT2D eigenvalue weighted by atomic mass is 16.6. The number of esters is 1. The monoisotopic (exact) mass is 382 g/mol. The predicted octanol–water partition coefficient (Wildman–Crippen LogP) is 3.74. The van der Waals surface area contributed by atoms with Crippen LogP contribution in [0, 0.1) is 20.2 Å². The van der Waals surface area contributed by atoms with Crippen LogP contribution in [0.4, 0.5) is 11.4 Å². The van der Waals surface area contributed by atoms with Crippen molar-refractivity contribution in [1.82, 2.24) is 9.97 Å². The normalized spacial score (nSPS) is 10.5. The van der Waals surface area contributed by atoms with Gasteiger partial charge >= 0.3 is 5.97 Å². The summed E-state index contributed by atoms with van der Waals surface area (Å²) in [6.45, 7) is 1.81. The average molecular weight is 382 g/mol. The number of carbonyl (C=O) groups excluding carboxylic acids is 1. The summed E-state index contributed by atoms with van der Waals surface area (Å²) in [4.78, 5) is 40.2. The van der Waals surface area contributed by atoms with E-state index >= 15 is 0 Å². The molecule has 0 radical (unpaired) electrons. The molecule has 0 spiro atoms. The van der Waals surface area contributed by atoms with Crippen LogP contribution in [-0.4, -0.2) is 32.4 Å². The number of hydrogen-bond acceptors (Lipinski definition) is 7. The first-order valence-electron chi connectivity index (χ1n) is 8.17. The fourth-order valence-electron chi connectivity index (χ4n) is 2.56. The number of imidazole rings is 1. The van der Waals surface area contributed by atoms with Crippen LogP contribution in [0.25, 0.3) is 22.6 Å². The molecule has 0 atom stereocenters. The van der Waals surface area contributed by atoms with Gasteiger partial charge in [-0.1, -0.05) is 0 Å². The summed E-state index contributed by atoms with van der Waals surface area (Å²) in [5.74, 6) is -0.341. The number of aromatic nitrogens is 2. The maximum atomic E-state index is 12.3. The Kier molecular flexibility index (Phi) is 5.12. The molecular weight excluding hydrogens is 368 g/mol. The number of carbonyl (C=O) groups is 1. The summed E-state index contributed by atoms with van der Waals surface area (Å²) in [7, 11) is 0. The third kappa shape index (κ3) is 3.70. The fraction of sp³-hybridized carbons (Fsp3) is 0.111. The van der Waals surface area contributed by atoms with Crippen LogP contribution in [0.2, 0.25) is 0 Å². The van der Waals surface area contributed by atoms with Crippen LogP contribution in [0.3, 0.4) is 0 Å². The van der Waals surface area contributed by atoms with Gasteiger partial charge in [0.1, 0.15) is 5.82 Å². The minimum atomic E-state index is -0.653. The Morgan fingerprint density at radius 1 is 0.964 bits per heavy atom. The molecule has 0 saturated carbocycles. The molecule has 1 N–H and O–H groups in total. The van der Waals surface area contributed by atoms with Gasteiger partial charge in [0.15, 0.2) is 5.69 Å². The number of nitro benzene ring substituents is 2. The van der Waals surface area contributed by atoms with Gasteiger partial charge in [-0.3, -0.25) is 20.2 Å². The maximum Gasteiger partial charge on any atom is 0.359 e. The maximum absolute atomic E-state index is 12.3. The Labute approximate surface area is 158 Å². The van der Waals surface area contributed by atoms with Gasteiger partial charge in [0.2, 0.25) is 0 Å². The van der Waals surface area contributed by atoms with Gasteiger partial charge in [-0.2, -0.15) is 0 Å². The van der Waals surface area contributed by atoms with Crippen molar-refractivity contribution in [2.75, 3.05) is 6.61 Å². The van der Waals surface area contributed by atoms with Gasteiger partial charge < -0.3 is 9.72 Å². The Hall–Kier alpha value is -4.08. The molecule has 1 aromatic heterocycles. The molecule has 0 amide bonds. The first kappa shape index (κ1) is 18.7. The molecular formula is C18H14N4O6. The van der Waals surface area contributed by atoms with E-state index in [1.165, 1.54) is 48.5 Å². The second-order valence-electron chi connectivity index (χ2n) is 5.64. The Balaban J connectivity index is 2.06. The molecule has 0 aliphatic rings. The molecule has 3 rings (SSSR count). The average Bonchev–Trinajstić information content (AvgIpc) is 3.14. The SMILES string of the molecule is CCOC(=O)c1nc(-c2ccc([N+](=O)[O-])cc2)[nH]c1-c1ccc([N+](=O)[O-])cc1. The van der Waals surface area contributed by atoms with Crippen LogP contribution in [0.1, 0.15) is 17.4 Å². The smallest absolute Gasteiger partial charge is 0.359 e. The zero-order valence-electron chi connectivity index (χ0n) is 14.6. The van der Waals surface area contributed by atoms with E-state index in [4.69, 9.17) is 4.74 Å². The van der Waals surface area contributed by atoms with E-state index in [2.05, 4.69) is 9.97 Å². The zero-order valence-corrected chi connectivity index (χ0v) is 14.6. The van der Waals surface area contributed by atoms with Gasteiger partial charge in [-0.15, -0.1) is 0 Å². The molecule has 0 aliphatic carbocycles. The lowest BCUT2D eigenvalue weighted by Gasteiger charge is -2.02. The second-order valence-corrected chi connectivity index (χ2v) is 5.64. The Morgan fingerprint density at radius 3 is 1.93 bits per heavy atom. The lowest BCUT2D eigenvalue weighted by Crippen LogP contribution is -2.06. The van der Waals surface area contributed by atoms with Crippen molar-refractivity contribution in [2.45, 2.75) is 6.92 Å². The van der Waals surface area contributed by atoms with Crippen LogP contribution < -0.4 is 0 Å². The summed E-state index contributed by atoms with van der Waals surface area (Å²) in [5, 5.41) is 21.6. The van der Waals surface area contributed by atoms with E-state index in [1.807, 2.05) is 0 Å². The first-order chi connectivity index (χ1) is 13.4. The third-order valence-electron chi connectivity index (χ3n) is 3.89. The number of nitro groups is 2. The zero-order chi connectivity index (χ0) is 20.3. The van der Waals surface area contributed by atoms with E-state index in [-0.39, 0.29) is 23.7 Å². The van der Waals surface area contributed by atoms with Gasteiger partial charge in [-0.05, 0) is 31.2 Å². The van der Waals surface area contributed by atoms with Crippen molar-refractivity contribution in [2.24, 2.45) is 0 Å². The van der Waals surface area contributed by atoms with Gasteiger partial charge in [0.05, 0.1) is 22.1 Å². The van der Waals surface area contributed by atoms with Crippen LogP contribution in [-0.2, 0) is 4.74 Å². The number of benzene rings is 2. The van der Waals surface area contributed by atoms with Crippen molar-refractivity contribution < 1.29 is 19.4 Å². The molecule has 0 bridgehead atoms. The van der Waals surface area contributed by atoms with Gasteiger partial charge in [0, 0.05) is 35.4 Å². The molecule has 0 aliphatic heterocycles. The molecule has 0 fully saturated rings. The third-order valence-corrected chi connectivity index (χ3v) is 3.89. The molecule has 10 heteroatoms. The fourth-order valence-corrected chi connectivity index (χ4v) is 2.56. The van der Waals surface area contributed by atoms with Gasteiger partial charge in [-0.25, -0.2) is 9.78 Å². The number of rotatable bonds is 6. The molecule has 1 heterocycles. The molecule has 10 nitrogen and oxygen atoms in total. The largest absolute Gasteiger partial charge is 0.461 e. The summed E-state index contributed by atoms with van der Waals surface area (Å²) < 4.78 is 5.03. The van der Waals surface area contributed by atoms with E-state index in [0.717, 1.165) is 0 Å². The summed E-state index contributed by atoms with van der Waals surface area (Å²) in [6.07, 6.45) is 0. The number of H-pyrrole nitrogens is 1. The van der Waals surface area contributed by atoms with Gasteiger partial charge in [0.25, 0.3) is 11.4 Å². The molecule has 2 aromatic carbocycles. The van der Waals surface area contributed by atoms with E-state index in [9.17, 15) is 25.0 Å². The molecule has 142 valence electrons. The van der Waals surface area contributed by atoms with Crippen molar-refractivity contribution in [3.8, 4) is 22.6 Å². The van der Waals surface area contributed by atoms with Crippen molar-refractivity contribution in [1.29, 1.82) is 0 Å². The predicted molar refractivity (Wildman–Crippen MR) is 98.7 cm³/mol. The highest BCUT2D eigenvalue weighted by molar-refractivity contribution is 5.95. The lowest BCUT2D eigenvalue weighted by molar-refractivity contribution is -0.385. The van der Waals surface area contributed by atoms with E-state index in [1.54, 1.807) is 6.92 Å². The highest BCUT2D eigenvalue weighted by Gasteiger charge is 2.21. The van der Waals surface area contributed by atoms with Crippen LogP contribution in [0.15, 0.2) is 48.5 Å². The highest BCUT2D eigenvalue weighted by Crippen LogP contribution is 2.29. The van der Waals surface area contributed by atoms with E-state index < -0.39 is 15.8 Å². The minimum absolute atomic E-state index is 0.0176. The summed E-state index contributed by atoms with van der Waals surface area (Å²) in [6, 6.07) is 11.3. The van der Waals surface area contributed by atoms with Crippen LogP contribution in [0.5, 0.6) is 0 Å². The molecule has 28 heavy (non-hydrogen) atoms. The lowest BCUT2D eigenvalue weighted by atomic mass is 10.1. The second kappa shape index (κ2) is 7.66. The first-order valence-corrected chi connectivity index (χ1v) is 8.17. The Bertz CT molecular complexity index is 1040. The number of ether oxygens (including phenoxy) is 1. The summed E-state index contributed by atoms with van der Waals surface area (Å²) in [5.41, 5.74) is 1.23. The topological polar surface area (TPSA) is 141 Å². The van der Waals surface area contributed by atoms with Crippen molar-refractivity contribution in [3.63, 3.8) is 0 Å². The van der Waals surface area contributed by atoms with E-state index in [0.29, 0.717) is 22.6 Å². The van der Waals surface area contributed by atoms with Crippen LogP contribution >= 0.6 is 0 Å². The number of hydrogen-bond donors (Lipinski definition) is 1. The summed E-state index contributed by atoms with van der Waals surface area (Å²) >= 11 is 0. The standard InChI is InChI=1S/C18H14N4O6/c1-2-28-18(23)16-15(11-3-7-13(8-4-11)21(24)25)19-17(20-16)12-5-9-14(10-6-12)22(26)27/h3-10H,2H2,1H3,(H,19,20). The van der Waals surface area contributed by atoms with Crippen molar-refractivity contribution >= 4 is 17.3 Å². The number of nitrogens with one attached hydrogen (secondary N) is 1. The molecule has 0 saturated heterocycles. The number of nitrogens with zero attached hydrogens (tertiary/aromatic N) is 3. The quantitative estimate of drug-likeness (QED) is 0.389.